The minimum absolute atomic E-state index is 0.401. The average molecular weight is 243 g/mol. The Morgan fingerprint density at radius 2 is 2.38 bits per heavy atom. The van der Waals surface area contributed by atoms with Crippen molar-refractivity contribution in [2.45, 2.75) is 13.1 Å². The molecule has 2 heterocycles. The summed E-state index contributed by atoms with van der Waals surface area (Å²) in [6.07, 6.45) is 0.790. The predicted molar refractivity (Wildman–Crippen MR) is 49.2 cm³/mol. The molecule has 0 atom stereocenters. The van der Waals surface area contributed by atoms with Crippen LogP contribution in [0.1, 0.15) is 11.3 Å². The molecular formula is C8H7BrN2O2. The SMILES string of the molecule is O=C(O)N1Cc2cc(Br)cnc2C1. The zero-order valence-electron chi connectivity index (χ0n) is 6.70. The number of hydrogen-bond donors (Lipinski definition) is 1. The average Bonchev–Trinajstić information content (AvgIpc) is 2.46. The van der Waals surface area contributed by atoms with E-state index in [0.29, 0.717) is 13.1 Å². The number of fused-ring (bicyclic) bond motifs is 1. The third kappa shape index (κ3) is 1.51. The van der Waals surface area contributed by atoms with Gasteiger partial charge < -0.3 is 5.11 Å². The summed E-state index contributed by atoms with van der Waals surface area (Å²) in [4.78, 5) is 16.1. The predicted octanol–water partition coefficient (Wildman–Crippen LogP) is 1.84. The number of rotatable bonds is 0. The number of carboxylic acid groups (broad SMARTS) is 1. The van der Waals surface area contributed by atoms with E-state index < -0.39 is 6.09 Å². The largest absolute Gasteiger partial charge is 0.465 e. The van der Waals surface area contributed by atoms with E-state index in [9.17, 15) is 4.79 Å². The van der Waals surface area contributed by atoms with E-state index in [2.05, 4.69) is 20.9 Å². The minimum atomic E-state index is -0.894. The summed E-state index contributed by atoms with van der Waals surface area (Å²) in [5, 5.41) is 8.74. The fourth-order valence-electron chi connectivity index (χ4n) is 1.37. The topological polar surface area (TPSA) is 53.4 Å². The van der Waals surface area contributed by atoms with Gasteiger partial charge in [0.15, 0.2) is 0 Å². The van der Waals surface area contributed by atoms with Crippen molar-refractivity contribution in [1.82, 2.24) is 9.88 Å². The maximum absolute atomic E-state index is 10.6. The third-order valence-corrected chi connectivity index (χ3v) is 2.43. The molecule has 1 aliphatic rings. The van der Waals surface area contributed by atoms with Crippen molar-refractivity contribution in [3.8, 4) is 0 Å². The van der Waals surface area contributed by atoms with Crippen LogP contribution in [0.25, 0.3) is 0 Å². The lowest BCUT2D eigenvalue weighted by Crippen LogP contribution is -2.22. The van der Waals surface area contributed by atoms with Crippen LogP contribution < -0.4 is 0 Å². The van der Waals surface area contributed by atoms with E-state index >= 15 is 0 Å². The lowest BCUT2D eigenvalue weighted by molar-refractivity contribution is 0.145. The zero-order chi connectivity index (χ0) is 9.42. The molecular weight excluding hydrogens is 236 g/mol. The van der Waals surface area contributed by atoms with Gasteiger partial charge in [-0.05, 0) is 27.6 Å². The van der Waals surface area contributed by atoms with Crippen LogP contribution in [0.15, 0.2) is 16.7 Å². The lowest BCUT2D eigenvalue weighted by Gasteiger charge is -2.08. The Labute approximate surface area is 83.3 Å². The van der Waals surface area contributed by atoms with E-state index in [4.69, 9.17) is 5.11 Å². The van der Waals surface area contributed by atoms with E-state index in [1.807, 2.05) is 6.07 Å². The van der Waals surface area contributed by atoms with E-state index in [0.717, 1.165) is 15.7 Å². The maximum atomic E-state index is 10.6. The van der Waals surface area contributed by atoms with Gasteiger partial charge in [0.25, 0.3) is 0 Å². The Kier molecular flexibility index (Phi) is 1.95. The number of amides is 1. The van der Waals surface area contributed by atoms with Crippen molar-refractivity contribution in [2.24, 2.45) is 0 Å². The Hall–Kier alpha value is -1.10. The molecule has 68 valence electrons. The van der Waals surface area contributed by atoms with E-state index in [-0.39, 0.29) is 0 Å². The molecule has 5 heteroatoms. The highest BCUT2D eigenvalue weighted by Crippen LogP contribution is 2.23. The fraction of sp³-hybridized carbons (Fsp3) is 0.250. The molecule has 4 nitrogen and oxygen atoms in total. The Morgan fingerprint density at radius 1 is 1.62 bits per heavy atom. The number of aromatic nitrogens is 1. The van der Waals surface area contributed by atoms with Crippen molar-refractivity contribution >= 4 is 22.0 Å². The van der Waals surface area contributed by atoms with Gasteiger partial charge in [-0.15, -0.1) is 0 Å². The quantitative estimate of drug-likeness (QED) is 0.756. The molecule has 0 saturated carbocycles. The van der Waals surface area contributed by atoms with Crippen LogP contribution in [0, 0.1) is 0 Å². The zero-order valence-corrected chi connectivity index (χ0v) is 8.28. The molecule has 0 radical (unpaired) electrons. The number of carbonyl (C=O) groups is 1. The van der Waals surface area contributed by atoms with Gasteiger partial charge in [-0.25, -0.2) is 4.79 Å². The van der Waals surface area contributed by atoms with Gasteiger partial charge in [0, 0.05) is 10.7 Å². The van der Waals surface area contributed by atoms with Gasteiger partial charge >= 0.3 is 6.09 Å². The van der Waals surface area contributed by atoms with Crippen LogP contribution in [-0.2, 0) is 13.1 Å². The van der Waals surface area contributed by atoms with Crippen molar-refractivity contribution in [2.75, 3.05) is 0 Å². The second-order valence-electron chi connectivity index (χ2n) is 2.90. The van der Waals surface area contributed by atoms with Crippen molar-refractivity contribution < 1.29 is 9.90 Å². The summed E-state index contributed by atoms with van der Waals surface area (Å²) in [6, 6.07) is 1.91. The van der Waals surface area contributed by atoms with E-state index in [1.54, 1.807) is 6.20 Å². The molecule has 1 aromatic heterocycles. The molecule has 0 saturated heterocycles. The van der Waals surface area contributed by atoms with Crippen molar-refractivity contribution in [1.29, 1.82) is 0 Å². The van der Waals surface area contributed by atoms with Gasteiger partial charge in [-0.1, -0.05) is 0 Å². The minimum Gasteiger partial charge on any atom is -0.465 e. The van der Waals surface area contributed by atoms with Crippen molar-refractivity contribution in [3.05, 3.63) is 28.0 Å². The van der Waals surface area contributed by atoms with E-state index in [1.165, 1.54) is 4.90 Å². The van der Waals surface area contributed by atoms with Crippen LogP contribution >= 0.6 is 15.9 Å². The molecule has 13 heavy (non-hydrogen) atoms. The van der Waals surface area contributed by atoms with Gasteiger partial charge in [-0.3, -0.25) is 9.88 Å². The number of hydrogen-bond acceptors (Lipinski definition) is 2. The van der Waals surface area contributed by atoms with Gasteiger partial charge in [0.2, 0.25) is 0 Å². The first-order valence-corrected chi connectivity index (χ1v) is 4.57. The third-order valence-electron chi connectivity index (χ3n) is 2.00. The normalized spacial score (nSPS) is 14.4. The maximum Gasteiger partial charge on any atom is 0.407 e. The molecule has 0 aromatic carbocycles. The molecule has 2 rings (SSSR count). The molecule has 1 N–H and O–H groups in total. The molecule has 0 spiro atoms. The molecule has 1 aromatic rings. The molecule has 0 unspecified atom stereocenters. The van der Waals surface area contributed by atoms with Crippen LogP contribution in [0.2, 0.25) is 0 Å². The molecule has 0 fully saturated rings. The summed E-state index contributed by atoms with van der Waals surface area (Å²) in [6.45, 7) is 0.842. The van der Waals surface area contributed by atoms with Crippen molar-refractivity contribution in [3.63, 3.8) is 0 Å². The molecule has 1 amide bonds. The lowest BCUT2D eigenvalue weighted by atomic mass is 10.2. The number of nitrogens with zero attached hydrogens (tertiary/aromatic N) is 2. The molecule has 1 aliphatic heterocycles. The van der Waals surface area contributed by atoms with Gasteiger partial charge in [-0.2, -0.15) is 0 Å². The van der Waals surface area contributed by atoms with Crippen LogP contribution in [0.5, 0.6) is 0 Å². The Bertz CT molecular complexity index is 367. The summed E-state index contributed by atoms with van der Waals surface area (Å²) in [5.41, 5.74) is 1.84. The first-order valence-electron chi connectivity index (χ1n) is 3.78. The summed E-state index contributed by atoms with van der Waals surface area (Å²) in [5.74, 6) is 0. The smallest absolute Gasteiger partial charge is 0.407 e. The number of pyridine rings is 1. The highest BCUT2D eigenvalue weighted by Gasteiger charge is 2.23. The summed E-state index contributed by atoms with van der Waals surface area (Å²) in [7, 11) is 0. The van der Waals surface area contributed by atoms with Gasteiger partial charge in [0.05, 0.1) is 18.8 Å². The second kappa shape index (κ2) is 2.99. The Morgan fingerprint density at radius 3 is 3.08 bits per heavy atom. The summed E-state index contributed by atoms with van der Waals surface area (Å²) < 4.78 is 0.887. The molecule has 0 aliphatic carbocycles. The summed E-state index contributed by atoms with van der Waals surface area (Å²) >= 11 is 3.29. The van der Waals surface area contributed by atoms with Crippen LogP contribution in [0.3, 0.4) is 0 Å². The monoisotopic (exact) mass is 242 g/mol. The van der Waals surface area contributed by atoms with Crippen LogP contribution in [-0.4, -0.2) is 21.1 Å². The van der Waals surface area contributed by atoms with Gasteiger partial charge in [0.1, 0.15) is 0 Å². The number of halogens is 1. The van der Waals surface area contributed by atoms with Crippen LogP contribution in [0.4, 0.5) is 4.79 Å². The highest BCUT2D eigenvalue weighted by atomic mass is 79.9. The Balaban J connectivity index is 2.30. The second-order valence-corrected chi connectivity index (χ2v) is 3.81. The first-order chi connectivity index (χ1) is 6.16. The standard InChI is InChI=1S/C8H7BrN2O2/c9-6-1-5-3-11(8(12)13)4-7(5)10-2-6/h1-2H,3-4H2,(H,12,13). The first kappa shape index (κ1) is 8.50. The fourth-order valence-corrected chi connectivity index (χ4v) is 1.75. The highest BCUT2D eigenvalue weighted by molar-refractivity contribution is 9.10. The molecule has 0 bridgehead atoms.